The summed E-state index contributed by atoms with van der Waals surface area (Å²) in [5, 5.41) is 6.44. The number of esters is 2. The Hall–Kier alpha value is -3.18. The zero-order valence-electron chi connectivity index (χ0n) is 21.4. The van der Waals surface area contributed by atoms with Gasteiger partial charge < -0.3 is 14.8 Å². The normalized spacial score (nSPS) is 17.8. The number of rotatable bonds is 10. The molecule has 1 unspecified atom stereocenters. The summed E-state index contributed by atoms with van der Waals surface area (Å²) in [7, 11) is 0. The van der Waals surface area contributed by atoms with Crippen molar-refractivity contribution < 1.29 is 19.1 Å². The molecule has 190 valence electrons. The van der Waals surface area contributed by atoms with Crippen LogP contribution < -0.4 is 5.32 Å². The predicted molar refractivity (Wildman–Crippen MR) is 143 cm³/mol. The van der Waals surface area contributed by atoms with Gasteiger partial charge in [0.15, 0.2) is 5.92 Å². The Balaban J connectivity index is 1.36. The molecule has 1 saturated carbocycles. The molecule has 5 heteroatoms. The lowest BCUT2D eigenvalue weighted by Crippen LogP contribution is -2.34. The molecule has 2 atom stereocenters. The Labute approximate surface area is 214 Å². The summed E-state index contributed by atoms with van der Waals surface area (Å²) in [4.78, 5) is 24.9. The standard InChI is InChI=1S/C31H37NO4/c1-3-35-30(33)29(31(34)36-4-2)25-17-15-22(16-18-25)26-12-8-13-27(21-26)32-20-19-24-11-7-10-23-9-5-6-14-28(23)24/h5-7,9-11,14-18,26-27,29,32H,3-4,8,12-13,19-21H2,1-2H3/t26-,27?/m1/s1. The van der Waals surface area contributed by atoms with Crippen LogP contribution in [0.4, 0.5) is 0 Å². The minimum Gasteiger partial charge on any atom is -0.465 e. The monoisotopic (exact) mass is 487 g/mol. The van der Waals surface area contributed by atoms with Crippen molar-refractivity contribution in [3.63, 3.8) is 0 Å². The maximum atomic E-state index is 12.4. The van der Waals surface area contributed by atoms with E-state index in [1.807, 2.05) is 12.1 Å². The second-order valence-electron chi connectivity index (χ2n) is 9.51. The smallest absolute Gasteiger partial charge is 0.324 e. The summed E-state index contributed by atoms with van der Waals surface area (Å²) >= 11 is 0. The maximum absolute atomic E-state index is 12.4. The fraction of sp³-hybridized carbons (Fsp3) is 0.419. The SMILES string of the molecule is CCOC(=O)C(C(=O)OCC)c1ccc([C@@H]2CCCC(NCCc3cccc4ccccc34)C2)cc1. The van der Waals surface area contributed by atoms with Gasteiger partial charge >= 0.3 is 11.9 Å². The van der Waals surface area contributed by atoms with Gasteiger partial charge in [0, 0.05) is 6.04 Å². The molecule has 0 saturated heterocycles. The lowest BCUT2D eigenvalue weighted by atomic mass is 9.80. The Bertz CT molecular complexity index is 1130. The van der Waals surface area contributed by atoms with E-state index in [1.54, 1.807) is 13.8 Å². The van der Waals surface area contributed by atoms with E-state index in [1.165, 1.54) is 34.7 Å². The molecule has 1 fully saturated rings. The number of nitrogens with one attached hydrogen (secondary N) is 1. The highest BCUT2D eigenvalue weighted by molar-refractivity contribution is 6.00. The number of ether oxygens (including phenoxy) is 2. The third-order valence-corrected chi connectivity index (χ3v) is 7.17. The number of hydrogen-bond acceptors (Lipinski definition) is 5. The summed E-state index contributed by atoms with van der Waals surface area (Å²) in [5.74, 6) is -1.69. The first-order valence-electron chi connectivity index (χ1n) is 13.2. The maximum Gasteiger partial charge on any atom is 0.324 e. The number of benzene rings is 3. The van der Waals surface area contributed by atoms with Crippen molar-refractivity contribution in [2.45, 2.75) is 63.8 Å². The molecule has 5 nitrogen and oxygen atoms in total. The number of hydrogen-bond donors (Lipinski definition) is 1. The average molecular weight is 488 g/mol. The van der Waals surface area contributed by atoms with E-state index in [-0.39, 0.29) is 13.2 Å². The Morgan fingerprint density at radius 1 is 0.889 bits per heavy atom. The zero-order chi connectivity index (χ0) is 25.3. The molecule has 4 rings (SSSR count). The third kappa shape index (κ3) is 6.33. The lowest BCUT2D eigenvalue weighted by Gasteiger charge is -2.30. The third-order valence-electron chi connectivity index (χ3n) is 7.17. The van der Waals surface area contributed by atoms with Crippen molar-refractivity contribution in [1.82, 2.24) is 5.32 Å². The fourth-order valence-corrected chi connectivity index (χ4v) is 5.38. The van der Waals surface area contributed by atoms with E-state index in [2.05, 4.69) is 59.9 Å². The van der Waals surface area contributed by atoms with Crippen molar-refractivity contribution in [2.75, 3.05) is 19.8 Å². The van der Waals surface area contributed by atoms with Gasteiger partial charge in [0.1, 0.15) is 0 Å². The molecular formula is C31H37NO4. The van der Waals surface area contributed by atoms with Crippen LogP contribution in [0, 0.1) is 0 Å². The molecule has 1 aliphatic carbocycles. The minimum atomic E-state index is -1.03. The van der Waals surface area contributed by atoms with Gasteiger partial charge in [-0.3, -0.25) is 9.59 Å². The highest BCUT2D eigenvalue weighted by Gasteiger charge is 2.32. The van der Waals surface area contributed by atoms with E-state index in [0.717, 1.165) is 25.8 Å². The van der Waals surface area contributed by atoms with E-state index >= 15 is 0 Å². The Morgan fingerprint density at radius 2 is 1.58 bits per heavy atom. The molecule has 3 aromatic carbocycles. The summed E-state index contributed by atoms with van der Waals surface area (Å²) in [6.07, 6.45) is 5.64. The van der Waals surface area contributed by atoms with Crippen LogP contribution in [0.5, 0.6) is 0 Å². The van der Waals surface area contributed by atoms with Crippen LogP contribution in [0.2, 0.25) is 0 Å². The lowest BCUT2D eigenvalue weighted by molar-refractivity contribution is -0.156. The number of fused-ring (bicyclic) bond motifs is 1. The highest BCUT2D eigenvalue weighted by Crippen LogP contribution is 2.34. The predicted octanol–water partition coefficient (Wildman–Crippen LogP) is 5.91. The van der Waals surface area contributed by atoms with E-state index in [0.29, 0.717) is 17.5 Å². The summed E-state index contributed by atoms with van der Waals surface area (Å²) in [6, 6.07) is 23.5. The second kappa shape index (κ2) is 12.7. The van der Waals surface area contributed by atoms with Crippen LogP contribution in [0.25, 0.3) is 10.8 Å². The minimum absolute atomic E-state index is 0.226. The van der Waals surface area contributed by atoms with Crippen LogP contribution in [0.3, 0.4) is 0 Å². The largest absolute Gasteiger partial charge is 0.465 e. The van der Waals surface area contributed by atoms with Crippen LogP contribution in [-0.4, -0.2) is 37.7 Å². The van der Waals surface area contributed by atoms with Gasteiger partial charge in [0.2, 0.25) is 0 Å². The topological polar surface area (TPSA) is 64.6 Å². The summed E-state index contributed by atoms with van der Waals surface area (Å²) in [5.41, 5.74) is 3.27. The Morgan fingerprint density at radius 3 is 2.31 bits per heavy atom. The van der Waals surface area contributed by atoms with Crippen molar-refractivity contribution in [1.29, 1.82) is 0 Å². The van der Waals surface area contributed by atoms with E-state index < -0.39 is 17.9 Å². The summed E-state index contributed by atoms with van der Waals surface area (Å²) in [6.45, 7) is 4.89. The highest BCUT2D eigenvalue weighted by atomic mass is 16.6. The number of carbonyl (C=O) groups excluding carboxylic acids is 2. The second-order valence-corrected chi connectivity index (χ2v) is 9.51. The molecule has 0 bridgehead atoms. The Kier molecular flexibility index (Phi) is 9.12. The fourth-order valence-electron chi connectivity index (χ4n) is 5.38. The molecule has 1 aliphatic rings. The van der Waals surface area contributed by atoms with Gasteiger partial charge in [-0.1, -0.05) is 73.2 Å². The van der Waals surface area contributed by atoms with Crippen molar-refractivity contribution in [3.05, 3.63) is 83.4 Å². The van der Waals surface area contributed by atoms with Crippen molar-refractivity contribution in [3.8, 4) is 0 Å². The van der Waals surface area contributed by atoms with Gasteiger partial charge in [-0.05, 0) is 79.5 Å². The average Bonchev–Trinajstić information content (AvgIpc) is 2.90. The molecule has 0 aliphatic heterocycles. The van der Waals surface area contributed by atoms with Gasteiger partial charge in [-0.25, -0.2) is 0 Å². The van der Waals surface area contributed by atoms with Crippen LogP contribution in [0.15, 0.2) is 66.7 Å². The molecule has 3 aromatic rings. The molecular weight excluding hydrogens is 450 g/mol. The first kappa shape index (κ1) is 25.9. The van der Waals surface area contributed by atoms with Crippen LogP contribution in [-0.2, 0) is 25.5 Å². The molecule has 1 N–H and O–H groups in total. The zero-order valence-corrected chi connectivity index (χ0v) is 21.4. The van der Waals surface area contributed by atoms with Crippen molar-refractivity contribution >= 4 is 22.7 Å². The van der Waals surface area contributed by atoms with Crippen molar-refractivity contribution in [2.24, 2.45) is 0 Å². The van der Waals surface area contributed by atoms with Gasteiger partial charge in [0.05, 0.1) is 13.2 Å². The number of carbonyl (C=O) groups is 2. The quantitative estimate of drug-likeness (QED) is 0.285. The molecule has 0 spiro atoms. The van der Waals surface area contributed by atoms with Gasteiger partial charge in [-0.15, -0.1) is 0 Å². The van der Waals surface area contributed by atoms with Gasteiger partial charge in [0.25, 0.3) is 0 Å². The van der Waals surface area contributed by atoms with Crippen LogP contribution in [0.1, 0.15) is 68.1 Å². The van der Waals surface area contributed by atoms with E-state index in [9.17, 15) is 9.59 Å². The summed E-state index contributed by atoms with van der Waals surface area (Å²) < 4.78 is 10.3. The molecule has 0 radical (unpaired) electrons. The van der Waals surface area contributed by atoms with E-state index in [4.69, 9.17) is 9.47 Å². The first-order chi connectivity index (χ1) is 17.6. The van der Waals surface area contributed by atoms with Crippen LogP contribution >= 0.6 is 0 Å². The molecule has 0 heterocycles. The molecule has 0 amide bonds. The van der Waals surface area contributed by atoms with Gasteiger partial charge in [-0.2, -0.15) is 0 Å². The first-order valence-corrected chi connectivity index (χ1v) is 13.2. The molecule has 36 heavy (non-hydrogen) atoms. The molecule has 0 aromatic heterocycles.